The maximum atomic E-state index is 14.1. The topological polar surface area (TPSA) is 112 Å². The summed E-state index contributed by atoms with van der Waals surface area (Å²) in [5, 5.41) is 11.9. The van der Waals surface area contributed by atoms with E-state index in [1.807, 2.05) is 40.7 Å². The number of carbonyl (C=O) groups excluding carboxylic acids is 2. The molecule has 1 aromatic carbocycles. The van der Waals surface area contributed by atoms with Crippen LogP contribution >= 0.6 is 11.6 Å². The molecule has 0 bridgehead atoms. The van der Waals surface area contributed by atoms with Crippen LogP contribution in [0.5, 0.6) is 0 Å². The van der Waals surface area contributed by atoms with Gasteiger partial charge in [-0.3, -0.25) is 4.79 Å². The Labute approximate surface area is 256 Å². The molecule has 4 rings (SSSR count). The zero-order valence-electron chi connectivity index (χ0n) is 25.6. The number of ether oxygens (including phenoxy) is 1. The summed E-state index contributed by atoms with van der Waals surface area (Å²) in [5.41, 5.74) is 3.05. The average molecular weight is 609 g/mol. The van der Waals surface area contributed by atoms with E-state index in [-0.39, 0.29) is 28.3 Å². The molecule has 1 amide bonds. The number of methoxy groups -OCH3 is 1. The van der Waals surface area contributed by atoms with Gasteiger partial charge in [0.05, 0.1) is 40.3 Å². The van der Waals surface area contributed by atoms with E-state index in [9.17, 15) is 14.0 Å². The lowest BCUT2D eigenvalue weighted by molar-refractivity contribution is 0.0506. The van der Waals surface area contributed by atoms with Crippen LogP contribution in [0.1, 0.15) is 71.9 Å². The molecule has 2 N–H and O–H groups in total. The van der Waals surface area contributed by atoms with Gasteiger partial charge in [-0.25, -0.2) is 19.2 Å². The van der Waals surface area contributed by atoms with Gasteiger partial charge in [-0.15, -0.1) is 0 Å². The van der Waals surface area contributed by atoms with Crippen LogP contribution in [-0.4, -0.2) is 64.7 Å². The van der Waals surface area contributed by atoms with Crippen LogP contribution in [0.4, 0.5) is 21.6 Å². The minimum Gasteiger partial charge on any atom is -0.465 e. The number of anilines is 3. The van der Waals surface area contributed by atoms with Crippen LogP contribution in [0.25, 0.3) is 0 Å². The minimum atomic E-state index is -0.578. The van der Waals surface area contributed by atoms with Crippen LogP contribution < -0.4 is 10.2 Å². The summed E-state index contributed by atoms with van der Waals surface area (Å²) >= 11 is 5.84. The molecule has 0 atom stereocenters. The molecule has 0 aliphatic carbocycles. The van der Waals surface area contributed by atoms with Crippen LogP contribution in [0, 0.1) is 31.0 Å². The van der Waals surface area contributed by atoms with Crippen molar-refractivity contribution in [1.82, 2.24) is 14.9 Å². The Morgan fingerprint density at radius 1 is 1.14 bits per heavy atom. The highest BCUT2D eigenvalue weighted by molar-refractivity contribution is 6.30. The smallest absolute Gasteiger partial charge is 0.339 e. The fourth-order valence-corrected chi connectivity index (χ4v) is 5.51. The van der Waals surface area contributed by atoms with E-state index >= 15 is 0 Å². The fraction of sp³-hybridized carbons (Fsp3) is 0.406. The molecule has 0 saturated carbocycles. The Hall–Kier alpha value is -4.05. The van der Waals surface area contributed by atoms with Crippen molar-refractivity contribution in [3.8, 4) is 0 Å². The lowest BCUT2D eigenvalue weighted by Gasteiger charge is -2.47. The van der Waals surface area contributed by atoms with Gasteiger partial charge in [0.2, 0.25) is 0 Å². The van der Waals surface area contributed by atoms with E-state index in [0.29, 0.717) is 54.4 Å². The Morgan fingerprint density at radius 2 is 1.86 bits per heavy atom. The summed E-state index contributed by atoms with van der Waals surface area (Å²) in [5.74, 6) is -0.289. The van der Waals surface area contributed by atoms with Gasteiger partial charge in [-0.05, 0) is 82.0 Å². The number of piperazine rings is 1. The van der Waals surface area contributed by atoms with E-state index in [1.165, 1.54) is 19.2 Å². The molecular formula is C32H38ClFN6O3. The molecule has 0 radical (unpaired) electrons. The second kappa shape index (κ2) is 12.7. The number of carbonyl (C=O) groups is 2. The van der Waals surface area contributed by atoms with E-state index in [2.05, 4.69) is 20.2 Å². The number of aromatic nitrogens is 2. The van der Waals surface area contributed by atoms with Crippen LogP contribution in [0.3, 0.4) is 0 Å². The van der Waals surface area contributed by atoms with E-state index < -0.39 is 17.3 Å². The SMILES string of the molecule is COC(=O)c1c(C)cc(N2CCN(C(=O)c3ccc(Nc4ccc(Cl)c(F)c4)c(C(=N)CC(C)C)n3)C(C)(C)C2)nc1C. The monoisotopic (exact) mass is 608 g/mol. The quantitative estimate of drug-likeness (QED) is 0.220. The second-order valence-corrected chi connectivity index (χ2v) is 12.3. The number of hydrogen-bond acceptors (Lipinski definition) is 8. The van der Waals surface area contributed by atoms with Crippen LogP contribution in [0.15, 0.2) is 36.4 Å². The van der Waals surface area contributed by atoms with Gasteiger partial charge < -0.3 is 25.3 Å². The third-order valence-corrected chi connectivity index (χ3v) is 7.76. The Kier molecular flexibility index (Phi) is 9.39. The molecule has 2 aromatic heterocycles. The highest BCUT2D eigenvalue weighted by atomic mass is 35.5. The lowest BCUT2D eigenvalue weighted by atomic mass is 9.97. The van der Waals surface area contributed by atoms with Crippen molar-refractivity contribution in [3.05, 3.63) is 75.4 Å². The van der Waals surface area contributed by atoms with Crippen LogP contribution in [-0.2, 0) is 4.74 Å². The van der Waals surface area contributed by atoms with Gasteiger partial charge in [0, 0.05) is 25.3 Å². The number of pyridine rings is 2. The van der Waals surface area contributed by atoms with Crippen molar-refractivity contribution >= 4 is 46.4 Å². The number of nitrogens with zero attached hydrogens (tertiary/aromatic N) is 4. The first kappa shape index (κ1) is 31.9. The number of benzene rings is 1. The zero-order chi connectivity index (χ0) is 31.6. The first-order valence-corrected chi connectivity index (χ1v) is 14.5. The summed E-state index contributed by atoms with van der Waals surface area (Å²) in [6.07, 6.45) is 0.457. The van der Waals surface area contributed by atoms with Crippen molar-refractivity contribution < 1.29 is 18.7 Å². The van der Waals surface area contributed by atoms with E-state index in [4.69, 9.17) is 21.7 Å². The fourth-order valence-electron chi connectivity index (χ4n) is 5.39. The van der Waals surface area contributed by atoms with Crippen molar-refractivity contribution in [1.29, 1.82) is 5.41 Å². The number of amides is 1. The maximum Gasteiger partial charge on any atom is 0.339 e. The molecule has 0 unspecified atom stereocenters. The number of aryl methyl sites for hydroxylation is 2. The summed E-state index contributed by atoms with van der Waals surface area (Å²) in [4.78, 5) is 39.3. The van der Waals surface area contributed by atoms with Crippen LogP contribution in [0.2, 0.25) is 5.02 Å². The van der Waals surface area contributed by atoms with Gasteiger partial charge in [-0.2, -0.15) is 0 Å². The van der Waals surface area contributed by atoms with E-state index in [0.717, 1.165) is 11.4 Å². The summed E-state index contributed by atoms with van der Waals surface area (Å²) in [6, 6.07) is 9.59. The molecule has 1 aliphatic heterocycles. The first-order valence-electron chi connectivity index (χ1n) is 14.2. The first-order chi connectivity index (χ1) is 20.2. The molecule has 1 fully saturated rings. The summed E-state index contributed by atoms with van der Waals surface area (Å²) in [7, 11) is 1.35. The zero-order valence-corrected chi connectivity index (χ0v) is 26.4. The average Bonchev–Trinajstić information content (AvgIpc) is 2.93. The number of hydrogen-bond donors (Lipinski definition) is 2. The predicted octanol–water partition coefficient (Wildman–Crippen LogP) is 6.57. The highest BCUT2D eigenvalue weighted by Crippen LogP contribution is 2.30. The number of rotatable bonds is 8. The molecule has 9 nitrogen and oxygen atoms in total. The second-order valence-electron chi connectivity index (χ2n) is 11.9. The Bertz CT molecular complexity index is 1550. The minimum absolute atomic E-state index is 0.0133. The number of halogens is 2. The number of esters is 1. The van der Waals surface area contributed by atoms with Gasteiger partial charge in [0.25, 0.3) is 5.91 Å². The summed E-state index contributed by atoms with van der Waals surface area (Å²) in [6.45, 7) is 13.1. The molecule has 43 heavy (non-hydrogen) atoms. The van der Waals surface area contributed by atoms with Crippen molar-refractivity contribution in [2.75, 3.05) is 37.0 Å². The lowest BCUT2D eigenvalue weighted by Crippen LogP contribution is -2.61. The van der Waals surface area contributed by atoms with Crippen molar-refractivity contribution in [2.24, 2.45) is 5.92 Å². The van der Waals surface area contributed by atoms with Gasteiger partial charge in [0.1, 0.15) is 23.0 Å². The Balaban J connectivity index is 1.60. The molecule has 0 spiro atoms. The van der Waals surface area contributed by atoms with Gasteiger partial charge in [0.15, 0.2) is 0 Å². The molecule has 1 saturated heterocycles. The highest BCUT2D eigenvalue weighted by Gasteiger charge is 2.38. The molecule has 3 heterocycles. The predicted molar refractivity (Wildman–Crippen MR) is 168 cm³/mol. The molecule has 228 valence electrons. The third kappa shape index (κ3) is 6.96. The number of nitrogens with one attached hydrogen (secondary N) is 2. The van der Waals surface area contributed by atoms with Gasteiger partial charge >= 0.3 is 5.97 Å². The van der Waals surface area contributed by atoms with Crippen molar-refractivity contribution in [2.45, 2.75) is 53.5 Å². The van der Waals surface area contributed by atoms with Gasteiger partial charge in [-0.1, -0.05) is 25.4 Å². The molecule has 3 aromatic rings. The molecule has 11 heteroatoms. The van der Waals surface area contributed by atoms with E-state index in [1.54, 1.807) is 30.0 Å². The molecular weight excluding hydrogens is 571 g/mol. The third-order valence-electron chi connectivity index (χ3n) is 7.46. The summed E-state index contributed by atoms with van der Waals surface area (Å²) < 4.78 is 19.0. The standard InChI is InChI=1S/C32H38ClFN6O3/c1-18(2)14-24(35)29-25(37-21-8-9-22(33)23(34)16-21)10-11-26(38-29)30(41)40-13-12-39(17-32(40,5)6)27-15-19(3)28(20(4)36-27)31(42)43-7/h8-11,15-16,18,35,37H,12-14,17H2,1-7H3. The normalized spacial score (nSPS) is 14.6. The molecule has 1 aliphatic rings. The largest absolute Gasteiger partial charge is 0.465 e. The Morgan fingerprint density at radius 3 is 2.47 bits per heavy atom. The van der Waals surface area contributed by atoms with Crippen molar-refractivity contribution in [3.63, 3.8) is 0 Å². The maximum absolute atomic E-state index is 14.1.